The quantitative estimate of drug-likeness (QED) is 0.859. The predicted octanol–water partition coefficient (Wildman–Crippen LogP) is 3.39. The molecule has 2 N–H and O–H groups in total. The van der Waals surface area contributed by atoms with Gasteiger partial charge in [-0.2, -0.15) is 5.10 Å². The zero-order chi connectivity index (χ0) is 16.2. The fraction of sp³-hybridized carbons (Fsp3) is 0.471. The van der Waals surface area contributed by atoms with Crippen molar-refractivity contribution in [2.45, 2.75) is 26.2 Å². The summed E-state index contributed by atoms with van der Waals surface area (Å²) >= 11 is 0. The number of ether oxygens (including phenoxy) is 1. The summed E-state index contributed by atoms with van der Waals surface area (Å²) < 4.78 is 5.99. The number of H-pyrrole nitrogens is 1. The van der Waals surface area contributed by atoms with Crippen molar-refractivity contribution in [3.05, 3.63) is 36.0 Å². The van der Waals surface area contributed by atoms with E-state index in [0.29, 0.717) is 6.61 Å². The normalized spacial score (nSPS) is 11.7. The molecule has 1 aromatic carbocycles. The third-order valence-corrected chi connectivity index (χ3v) is 3.41. The summed E-state index contributed by atoms with van der Waals surface area (Å²) in [6.07, 6.45) is 1.72. The van der Waals surface area contributed by atoms with E-state index in [9.17, 15) is 0 Å². The van der Waals surface area contributed by atoms with Crippen LogP contribution in [0.5, 0.6) is 5.75 Å². The minimum absolute atomic E-state index is 0.0895. The van der Waals surface area contributed by atoms with Gasteiger partial charge in [0.15, 0.2) is 0 Å². The average Bonchev–Trinajstić information content (AvgIpc) is 2.91. The Kier molecular flexibility index (Phi) is 5.08. The van der Waals surface area contributed by atoms with E-state index in [2.05, 4.69) is 59.4 Å². The van der Waals surface area contributed by atoms with Crippen molar-refractivity contribution in [3.63, 3.8) is 0 Å². The Balaban J connectivity index is 2.22. The Labute approximate surface area is 132 Å². The van der Waals surface area contributed by atoms with E-state index in [1.807, 2.05) is 20.2 Å². The van der Waals surface area contributed by atoms with Crippen LogP contribution in [0, 0.1) is 0 Å². The van der Waals surface area contributed by atoms with Crippen molar-refractivity contribution in [2.75, 3.05) is 32.6 Å². The van der Waals surface area contributed by atoms with Crippen molar-refractivity contribution in [1.29, 1.82) is 0 Å². The van der Waals surface area contributed by atoms with Crippen LogP contribution in [-0.2, 0) is 5.41 Å². The first-order valence-corrected chi connectivity index (χ1v) is 7.55. The van der Waals surface area contributed by atoms with Crippen molar-refractivity contribution in [1.82, 2.24) is 15.1 Å². The summed E-state index contributed by atoms with van der Waals surface area (Å²) in [7, 11) is 4.08. The molecule has 0 saturated heterocycles. The number of hydrogen-bond acceptors (Lipinski definition) is 4. The van der Waals surface area contributed by atoms with Crippen LogP contribution >= 0.6 is 0 Å². The number of anilines is 2. The molecule has 0 unspecified atom stereocenters. The summed E-state index contributed by atoms with van der Waals surface area (Å²) in [5.41, 5.74) is 2.28. The van der Waals surface area contributed by atoms with Crippen molar-refractivity contribution in [3.8, 4) is 5.75 Å². The Morgan fingerprint density at radius 2 is 2.00 bits per heavy atom. The maximum atomic E-state index is 5.99. The highest BCUT2D eigenvalue weighted by atomic mass is 16.5. The molecule has 0 radical (unpaired) electrons. The van der Waals surface area contributed by atoms with Crippen molar-refractivity contribution < 1.29 is 4.74 Å². The first-order valence-electron chi connectivity index (χ1n) is 7.55. The lowest BCUT2D eigenvalue weighted by atomic mass is 9.87. The fourth-order valence-corrected chi connectivity index (χ4v) is 2.02. The number of nitrogens with zero attached hydrogens (tertiary/aromatic N) is 2. The van der Waals surface area contributed by atoms with Gasteiger partial charge in [0.1, 0.15) is 18.2 Å². The van der Waals surface area contributed by atoms with Gasteiger partial charge in [-0.15, -0.1) is 0 Å². The van der Waals surface area contributed by atoms with E-state index in [1.165, 1.54) is 5.56 Å². The second-order valence-corrected chi connectivity index (χ2v) is 6.71. The van der Waals surface area contributed by atoms with Crippen molar-refractivity contribution in [2.24, 2.45) is 0 Å². The molecule has 0 bridgehead atoms. The van der Waals surface area contributed by atoms with Crippen LogP contribution in [0.15, 0.2) is 30.5 Å². The van der Waals surface area contributed by atoms with Gasteiger partial charge in [0.05, 0.1) is 11.9 Å². The van der Waals surface area contributed by atoms with Crippen LogP contribution < -0.4 is 10.1 Å². The van der Waals surface area contributed by atoms with Crippen LogP contribution in [0.25, 0.3) is 0 Å². The monoisotopic (exact) mass is 302 g/mol. The Hall–Kier alpha value is -2.01. The molecule has 120 valence electrons. The van der Waals surface area contributed by atoms with E-state index in [0.717, 1.165) is 23.8 Å². The highest BCUT2D eigenvalue weighted by Crippen LogP contribution is 2.33. The summed E-state index contributed by atoms with van der Waals surface area (Å²) in [6, 6.07) is 8.21. The molecule has 0 aliphatic rings. The second kappa shape index (κ2) is 6.83. The standard InChI is InChI=1S/C17H26N4O/c1-17(2,3)13-6-7-14(19-16-8-9-18-20-16)15(12-13)22-11-10-21(4)5/h6-9,12H,10-11H2,1-5H3,(H2,18,19,20). The number of hydrogen-bond donors (Lipinski definition) is 2. The molecule has 0 aliphatic carbocycles. The molecular formula is C17H26N4O. The van der Waals surface area contributed by atoms with E-state index in [1.54, 1.807) is 6.20 Å². The summed E-state index contributed by atoms with van der Waals surface area (Å²) in [5.74, 6) is 1.71. The summed E-state index contributed by atoms with van der Waals surface area (Å²) in [5, 5.41) is 10.2. The van der Waals surface area contributed by atoms with Gasteiger partial charge in [0, 0.05) is 12.6 Å². The van der Waals surface area contributed by atoms with Gasteiger partial charge in [-0.05, 0) is 37.2 Å². The third kappa shape index (κ3) is 4.49. The topological polar surface area (TPSA) is 53.2 Å². The zero-order valence-electron chi connectivity index (χ0n) is 14.1. The summed E-state index contributed by atoms with van der Waals surface area (Å²) in [6.45, 7) is 8.14. The smallest absolute Gasteiger partial charge is 0.143 e. The highest BCUT2D eigenvalue weighted by Gasteiger charge is 2.16. The SMILES string of the molecule is CN(C)CCOc1cc(C(C)(C)C)ccc1Nc1ccn[nH]1. The molecular weight excluding hydrogens is 276 g/mol. The van der Waals surface area contributed by atoms with Crippen molar-refractivity contribution >= 4 is 11.5 Å². The molecule has 22 heavy (non-hydrogen) atoms. The first kappa shape index (κ1) is 16.4. The number of aromatic nitrogens is 2. The number of aromatic amines is 1. The Morgan fingerprint density at radius 3 is 2.59 bits per heavy atom. The van der Waals surface area contributed by atoms with Crippen LogP contribution in [0.4, 0.5) is 11.5 Å². The maximum absolute atomic E-state index is 5.99. The molecule has 2 rings (SSSR count). The molecule has 0 fully saturated rings. The molecule has 0 spiro atoms. The third-order valence-electron chi connectivity index (χ3n) is 3.41. The molecule has 0 aliphatic heterocycles. The van der Waals surface area contributed by atoms with Crippen LogP contribution in [0.3, 0.4) is 0 Å². The predicted molar refractivity (Wildman–Crippen MR) is 91.1 cm³/mol. The second-order valence-electron chi connectivity index (χ2n) is 6.71. The van der Waals surface area contributed by atoms with Gasteiger partial charge in [-0.1, -0.05) is 26.8 Å². The van der Waals surface area contributed by atoms with Gasteiger partial charge in [0.2, 0.25) is 0 Å². The minimum atomic E-state index is 0.0895. The Bertz CT molecular complexity index is 585. The molecule has 0 saturated carbocycles. The molecule has 0 atom stereocenters. The van der Waals surface area contributed by atoms with Gasteiger partial charge in [-0.25, -0.2) is 0 Å². The molecule has 0 amide bonds. The highest BCUT2D eigenvalue weighted by molar-refractivity contribution is 5.65. The molecule has 5 heteroatoms. The Morgan fingerprint density at radius 1 is 1.23 bits per heavy atom. The van der Waals surface area contributed by atoms with Gasteiger partial charge >= 0.3 is 0 Å². The summed E-state index contributed by atoms with van der Waals surface area (Å²) in [4.78, 5) is 2.11. The van der Waals surface area contributed by atoms with Crippen LogP contribution in [-0.4, -0.2) is 42.3 Å². The first-order chi connectivity index (χ1) is 10.4. The zero-order valence-corrected chi connectivity index (χ0v) is 14.1. The molecule has 5 nitrogen and oxygen atoms in total. The lowest BCUT2D eigenvalue weighted by Crippen LogP contribution is -2.20. The van der Waals surface area contributed by atoms with E-state index >= 15 is 0 Å². The largest absolute Gasteiger partial charge is 0.490 e. The van der Waals surface area contributed by atoms with Crippen LogP contribution in [0.1, 0.15) is 26.3 Å². The number of rotatable bonds is 6. The lowest BCUT2D eigenvalue weighted by molar-refractivity contribution is 0.262. The average molecular weight is 302 g/mol. The lowest BCUT2D eigenvalue weighted by Gasteiger charge is -2.22. The van der Waals surface area contributed by atoms with E-state index in [4.69, 9.17) is 4.74 Å². The van der Waals surface area contributed by atoms with Gasteiger partial charge < -0.3 is 15.0 Å². The van der Waals surface area contributed by atoms with Crippen LogP contribution in [0.2, 0.25) is 0 Å². The van der Waals surface area contributed by atoms with Gasteiger partial charge in [-0.3, -0.25) is 5.10 Å². The van der Waals surface area contributed by atoms with E-state index < -0.39 is 0 Å². The number of likely N-dealkylation sites (N-methyl/N-ethyl adjacent to an activating group) is 1. The maximum Gasteiger partial charge on any atom is 0.143 e. The fourth-order valence-electron chi connectivity index (χ4n) is 2.02. The van der Waals surface area contributed by atoms with Gasteiger partial charge in [0.25, 0.3) is 0 Å². The number of benzene rings is 1. The molecule has 1 aromatic heterocycles. The molecule has 1 heterocycles. The van der Waals surface area contributed by atoms with E-state index in [-0.39, 0.29) is 5.41 Å². The number of nitrogens with one attached hydrogen (secondary N) is 2. The molecule has 2 aromatic rings. The minimum Gasteiger partial charge on any atom is -0.490 e.